The number of esters is 1. The lowest BCUT2D eigenvalue weighted by molar-refractivity contribution is -0.148. The van der Waals surface area contributed by atoms with Crippen molar-refractivity contribution in [1.29, 1.82) is 0 Å². The van der Waals surface area contributed by atoms with E-state index in [2.05, 4.69) is 25.1 Å². The van der Waals surface area contributed by atoms with Crippen molar-refractivity contribution in [1.82, 2.24) is 29.7 Å². The van der Waals surface area contributed by atoms with Crippen molar-refractivity contribution in [2.45, 2.75) is 18.4 Å². The van der Waals surface area contributed by atoms with E-state index in [1.807, 2.05) is 0 Å². The minimum Gasteiger partial charge on any atom is -0.461 e. The van der Waals surface area contributed by atoms with Gasteiger partial charge < -0.3 is 19.1 Å². The Labute approximate surface area is 254 Å². The molecule has 5 rings (SSSR count). The molecule has 2 aliphatic rings. The molecule has 0 amide bonds. The summed E-state index contributed by atoms with van der Waals surface area (Å²) in [5, 5.41) is 16.5. The van der Waals surface area contributed by atoms with Gasteiger partial charge in [-0.25, -0.2) is 24.1 Å². The van der Waals surface area contributed by atoms with Crippen LogP contribution in [-0.2, 0) is 26.6 Å². The van der Waals surface area contributed by atoms with Gasteiger partial charge in [0, 0.05) is 11.8 Å². The first-order chi connectivity index (χ1) is 21.9. The van der Waals surface area contributed by atoms with Gasteiger partial charge in [-0.3, -0.25) is 0 Å². The van der Waals surface area contributed by atoms with Crippen LogP contribution in [0.3, 0.4) is 0 Å². The summed E-state index contributed by atoms with van der Waals surface area (Å²) in [4.78, 5) is 26.0. The number of halogens is 7. The number of benzene rings is 2. The van der Waals surface area contributed by atoms with Crippen LogP contribution < -0.4 is 0 Å². The number of aliphatic hydroxyl groups excluding tert-OH is 1. The number of alkyl halides is 6. The molecule has 2 aliphatic heterocycles. The molecule has 3 aromatic rings. The molecule has 240 valence electrons. The highest BCUT2D eigenvalue weighted by Crippen LogP contribution is 2.40. The van der Waals surface area contributed by atoms with Crippen LogP contribution in [0.25, 0.3) is 34.2 Å². The number of carbonyl (C=O) groups excluding carboxylic acids is 1. The van der Waals surface area contributed by atoms with Crippen molar-refractivity contribution in [3.05, 3.63) is 89.8 Å². The van der Waals surface area contributed by atoms with Crippen LogP contribution >= 0.6 is 0 Å². The predicted molar refractivity (Wildman–Crippen MR) is 144 cm³/mol. The molecular formula is C29H21F7N6O4. The highest BCUT2D eigenvalue weighted by Gasteiger charge is 2.39. The first-order valence-electron chi connectivity index (χ1n) is 13.3. The predicted octanol–water partition coefficient (Wildman–Crippen LogP) is 5.22. The van der Waals surface area contributed by atoms with Gasteiger partial charge in [0.15, 0.2) is 17.7 Å². The summed E-state index contributed by atoms with van der Waals surface area (Å²) in [5.74, 6) is -1.35. The number of carbonyl (C=O) groups is 1. The summed E-state index contributed by atoms with van der Waals surface area (Å²) >= 11 is 0. The molecule has 0 radical (unpaired) electrons. The molecule has 0 saturated heterocycles. The number of hydrogen-bond acceptors (Lipinski definition) is 9. The molecule has 0 saturated carbocycles. The van der Waals surface area contributed by atoms with Crippen molar-refractivity contribution >= 4 is 5.97 Å². The standard InChI is InChI=1S/C29H21F7N6O4/c30-20-4-2-1-3-18(20)25-38-23-14-42(15-37-26(23)39-25)24(27(44)46-12-11-45-10-9-43)22-8-7-21(40-41-22)17-6-5-16(28(31,32)33)13-19(17)29(34,35)36/h1-8,13-15,24,43H,9-12H2. The first kappa shape index (κ1) is 32.4. The molecule has 3 heterocycles. The molecule has 0 bridgehead atoms. The summed E-state index contributed by atoms with van der Waals surface area (Å²) in [6, 6.07) is 7.69. The maximum atomic E-state index is 14.3. The van der Waals surface area contributed by atoms with Crippen LogP contribution in [0.5, 0.6) is 0 Å². The lowest BCUT2D eigenvalue weighted by atomic mass is 10.00. The summed E-state index contributed by atoms with van der Waals surface area (Å²) in [5.41, 5.74) is -4.03. The van der Waals surface area contributed by atoms with Gasteiger partial charge >= 0.3 is 18.3 Å². The van der Waals surface area contributed by atoms with Gasteiger partial charge in [-0.1, -0.05) is 18.2 Å². The molecule has 1 unspecified atom stereocenters. The van der Waals surface area contributed by atoms with Gasteiger partial charge in [0.25, 0.3) is 0 Å². The third-order valence-corrected chi connectivity index (χ3v) is 6.49. The van der Waals surface area contributed by atoms with Gasteiger partial charge in [0.2, 0.25) is 0 Å². The van der Waals surface area contributed by atoms with E-state index in [-0.39, 0.29) is 61.1 Å². The van der Waals surface area contributed by atoms with Crippen LogP contribution in [0, 0.1) is 5.82 Å². The summed E-state index contributed by atoms with van der Waals surface area (Å²) in [6.07, 6.45) is -7.63. The number of aromatic nitrogens is 6. The molecule has 0 spiro atoms. The summed E-state index contributed by atoms with van der Waals surface area (Å²) in [7, 11) is 0. The second-order valence-electron chi connectivity index (χ2n) is 9.56. The zero-order chi connectivity index (χ0) is 33.1. The third-order valence-electron chi connectivity index (χ3n) is 6.49. The topological polar surface area (TPSA) is 125 Å². The normalized spacial score (nSPS) is 12.8. The lowest BCUT2D eigenvalue weighted by Crippen LogP contribution is -2.26. The van der Waals surface area contributed by atoms with Crippen LogP contribution in [0.2, 0.25) is 0 Å². The van der Waals surface area contributed by atoms with Gasteiger partial charge in [-0.15, -0.1) is 0 Å². The quantitative estimate of drug-likeness (QED) is 0.123. The van der Waals surface area contributed by atoms with Crippen LogP contribution in [0.15, 0.2) is 67.1 Å². The zero-order valence-corrected chi connectivity index (χ0v) is 23.3. The molecule has 10 nitrogen and oxygen atoms in total. The molecule has 0 aliphatic carbocycles. The second kappa shape index (κ2) is 13.1. The second-order valence-corrected chi connectivity index (χ2v) is 9.56. The van der Waals surface area contributed by atoms with E-state index < -0.39 is 52.6 Å². The van der Waals surface area contributed by atoms with E-state index in [9.17, 15) is 35.5 Å². The van der Waals surface area contributed by atoms with Crippen LogP contribution in [-0.4, -0.2) is 67.2 Å². The van der Waals surface area contributed by atoms with Crippen molar-refractivity contribution in [2.24, 2.45) is 0 Å². The Morgan fingerprint density at radius 1 is 0.848 bits per heavy atom. The SMILES string of the molecule is O=C(OCCOCCO)C(c1ccc(-c2ccc(C(F)(F)F)cc2C(F)(F)F)nn1)n1cnc2nc(-c3ccccc3F)nc-2c1. The van der Waals surface area contributed by atoms with Gasteiger partial charge in [-0.05, 0) is 36.4 Å². The number of imidazole rings is 1. The zero-order valence-electron chi connectivity index (χ0n) is 23.3. The molecule has 46 heavy (non-hydrogen) atoms. The fraction of sp³-hybridized carbons (Fsp3) is 0.241. The van der Waals surface area contributed by atoms with Gasteiger partial charge in [-0.2, -0.15) is 36.5 Å². The van der Waals surface area contributed by atoms with Crippen molar-refractivity contribution in [3.8, 4) is 34.2 Å². The lowest BCUT2D eigenvalue weighted by Gasteiger charge is -2.19. The largest absolute Gasteiger partial charge is 0.461 e. The minimum absolute atomic E-state index is 0.00683. The summed E-state index contributed by atoms with van der Waals surface area (Å²) < 4.78 is 107. The Kier molecular flexibility index (Phi) is 9.24. The molecule has 1 atom stereocenters. The maximum Gasteiger partial charge on any atom is 0.417 e. The molecule has 1 aromatic heterocycles. The van der Waals surface area contributed by atoms with E-state index in [1.165, 1.54) is 35.3 Å². The number of hydrogen-bond donors (Lipinski definition) is 1. The number of nitrogens with zero attached hydrogens (tertiary/aromatic N) is 6. The molecule has 2 aromatic carbocycles. The Bertz CT molecular complexity index is 1790. The Balaban J connectivity index is 1.52. The molecule has 1 N–H and O–H groups in total. The van der Waals surface area contributed by atoms with Crippen molar-refractivity contribution in [3.63, 3.8) is 0 Å². The van der Waals surface area contributed by atoms with E-state index in [0.29, 0.717) is 12.1 Å². The smallest absolute Gasteiger partial charge is 0.417 e. The Morgan fingerprint density at radius 3 is 2.30 bits per heavy atom. The first-order valence-corrected chi connectivity index (χ1v) is 13.3. The number of ether oxygens (including phenoxy) is 2. The van der Waals surface area contributed by atoms with E-state index >= 15 is 0 Å². The van der Waals surface area contributed by atoms with E-state index in [0.717, 1.165) is 12.1 Å². The maximum absolute atomic E-state index is 14.3. The van der Waals surface area contributed by atoms with Gasteiger partial charge in [0.1, 0.15) is 18.1 Å². The Morgan fingerprint density at radius 2 is 1.63 bits per heavy atom. The van der Waals surface area contributed by atoms with Crippen LogP contribution in [0.1, 0.15) is 22.9 Å². The highest BCUT2D eigenvalue weighted by molar-refractivity contribution is 5.78. The van der Waals surface area contributed by atoms with Crippen LogP contribution in [0.4, 0.5) is 30.7 Å². The molecule has 0 fully saturated rings. The minimum atomic E-state index is -5.15. The van der Waals surface area contributed by atoms with E-state index in [4.69, 9.17) is 14.6 Å². The van der Waals surface area contributed by atoms with Crippen molar-refractivity contribution in [2.75, 3.05) is 26.4 Å². The number of rotatable bonds is 10. The fourth-order valence-electron chi connectivity index (χ4n) is 4.38. The number of aliphatic hydroxyl groups is 1. The average Bonchev–Trinajstić information content (AvgIpc) is 3.44. The third kappa shape index (κ3) is 7.10. The summed E-state index contributed by atoms with van der Waals surface area (Å²) in [6.45, 7) is -0.580. The van der Waals surface area contributed by atoms with Gasteiger partial charge in [0.05, 0.1) is 54.2 Å². The fourth-order valence-corrected chi connectivity index (χ4v) is 4.38. The van der Waals surface area contributed by atoms with Crippen molar-refractivity contribution < 1.29 is 50.1 Å². The van der Waals surface area contributed by atoms with E-state index in [1.54, 1.807) is 6.07 Å². The molecular weight excluding hydrogens is 629 g/mol. The average molecular weight is 651 g/mol. The Hall–Kier alpha value is -5.03. The number of fused-ring (bicyclic) bond motifs is 1. The monoisotopic (exact) mass is 650 g/mol. The highest BCUT2D eigenvalue weighted by atomic mass is 19.4. The molecule has 17 heteroatoms.